The van der Waals surface area contributed by atoms with E-state index in [4.69, 9.17) is 9.57 Å². The van der Waals surface area contributed by atoms with E-state index < -0.39 is 20.9 Å². The van der Waals surface area contributed by atoms with Gasteiger partial charge in [0.15, 0.2) is 37.4 Å². The number of oxime groups is 1. The van der Waals surface area contributed by atoms with Gasteiger partial charge in [-0.15, -0.1) is 0 Å². The van der Waals surface area contributed by atoms with Gasteiger partial charge in [0.25, 0.3) is 5.91 Å². The number of hydrogen-bond donors (Lipinski definition) is 1. The number of methoxy groups -OCH3 is 1. The first kappa shape index (κ1) is 23.8. The molecule has 32 heavy (non-hydrogen) atoms. The highest BCUT2D eigenvalue weighted by molar-refractivity contribution is 7.91. The Kier molecular flexibility index (Phi) is 8.33. The largest absolute Gasteiger partial charge is 0.388 e. The molecule has 1 N–H and O–H groups in total. The monoisotopic (exact) mass is 499 g/mol. The van der Waals surface area contributed by atoms with Crippen molar-refractivity contribution in [2.75, 3.05) is 24.8 Å². The maximum Gasteiger partial charge on any atom is 0.280 e. The molecule has 2 heterocycles. The maximum atomic E-state index is 13.2. The molecule has 0 fully saturated rings. The minimum Gasteiger partial charge on any atom is -0.388 e. The van der Waals surface area contributed by atoms with Crippen LogP contribution in [0.25, 0.3) is 0 Å². The van der Waals surface area contributed by atoms with Crippen LogP contribution in [0.4, 0.5) is 9.52 Å². The van der Waals surface area contributed by atoms with Crippen LogP contribution in [-0.2, 0) is 30.8 Å². The summed E-state index contributed by atoms with van der Waals surface area (Å²) in [6, 6.07) is 5.65. The minimum absolute atomic E-state index is 0.0146. The number of ether oxygens (including phenoxy) is 1. The van der Waals surface area contributed by atoms with E-state index in [1.165, 1.54) is 37.7 Å². The maximum absolute atomic E-state index is 13.2. The van der Waals surface area contributed by atoms with Gasteiger partial charge in [0, 0.05) is 19.3 Å². The van der Waals surface area contributed by atoms with Crippen molar-refractivity contribution in [1.82, 2.24) is 14.3 Å². The molecule has 170 valence electrons. The third kappa shape index (κ3) is 6.59. The van der Waals surface area contributed by atoms with Crippen molar-refractivity contribution in [2.24, 2.45) is 5.16 Å². The van der Waals surface area contributed by atoms with Gasteiger partial charge in [0.2, 0.25) is 0 Å². The second kappa shape index (κ2) is 11.2. The molecule has 14 heteroatoms. The molecule has 1 amide bonds. The first-order valence-corrected chi connectivity index (χ1v) is 12.3. The summed E-state index contributed by atoms with van der Waals surface area (Å²) in [6.07, 6.45) is 2.70. The molecular weight excluding hydrogens is 481 g/mol. The Bertz CT molecular complexity index is 1160. The number of rotatable bonds is 11. The number of thiazole rings is 1. The fraction of sp³-hybridized carbons (Fsp3) is 0.278. The van der Waals surface area contributed by atoms with Crippen molar-refractivity contribution < 1.29 is 27.2 Å². The van der Waals surface area contributed by atoms with E-state index in [9.17, 15) is 17.6 Å². The Morgan fingerprint density at radius 1 is 1.25 bits per heavy atom. The summed E-state index contributed by atoms with van der Waals surface area (Å²) < 4.78 is 46.8. The number of anilines is 1. The molecule has 0 saturated heterocycles. The third-order valence-corrected chi connectivity index (χ3v) is 7.06. The Hall–Kier alpha value is -2.81. The molecule has 0 saturated carbocycles. The molecule has 10 nitrogen and oxygen atoms in total. The van der Waals surface area contributed by atoms with Crippen LogP contribution in [0, 0.1) is 5.13 Å². The summed E-state index contributed by atoms with van der Waals surface area (Å²) in [5.74, 6) is -0.769. The number of amides is 1. The molecule has 2 aromatic heterocycles. The average molecular weight is 500 g/mol. The molecule has 0 atom stereocenters. The summed E-state index contributed by atoms with van der Waals surface area (Å²) >= 11 is 1.77. The van der Waals surface area contributed by atoms with Crippen LogP contribution < -0.4 is 5.32 Å². The van der Waals surface area contributed by atoms with Gasteiger partial charge in [-0.25, -0.2) is 18.4 Å². The van der Waals surface area contributed by atoms with Gasteiger partial charge in [-0.3, -0.25) is 10.1 Å². The van der Waals surface area contributed by atoms with Crippen LogP contribution in [0.15, 0.2) is 46.8 Å². The lowest BCUT2D eigenvalue weighted by Crippen LogP contribution is -2.24. The van der Waals surface area contributed by atoms with Crippen molar-refractivity contribution in [3.05, 3.63) is 52.5 Å². The standard InChI is InChI=1S/C18H18FN5O5S3/c1-28-7-2-8-32(26,27)13-5-3-12(4-6-13)16(24-29-10-15-21-11-22-31-15)17(25)23-18-20-9-14(19)30-18/h3-6,9,11H,2,7-8,10H2,1H3,(H,20,23,25)/b24-16+. The lowest BCUT2D eigenvalue weighted by atomic mass is 10.1. The number of aromatic nitrogens is 3. The number of carbonyl (C=O) groups is 1. The summed E-state index contributed by atoms with van der Waals surface area (Å²) in [5.41, 5.74) is 0.154. The predicted molar refractivity (Wildman–Crippen MR) is 117 cm³/mol. The molecule has 3 aromatic rings. The van der Waals surface area contributed by atoms with E-state index in [1.54, 1.807) is 0 Å². The van der Waals surface area contributed by atoms with Crippen LogP contribution in [0.2, 0.25) is 0 Å². The Balaban J connectivity index is 1.80. The molecule has 0 aliphatic carbocycles. The zero-order valence-corrected chi connectivity index (χ0v) is 19.2. The van der Waals surface area contributed by atoms with E-state index >= 15 is 0 Å². The van der Waals surface area contributed by atoms with Gasteiger partial charge < -0.3 is 9.57 Å². The highest BCUT2D eigenvalue weighted by atomic mass is 32.2. The first-order valence-electron chi connectivity index (χ1n) is 9.09. The van der Waals surface area contributed by atoms with Gasteiger partial charge in [-0.2, -0.15) is 8.76 Å². The van der Waals surface area contributed by atoms with Gasteiger partial charge in [0.1, 0.15) is 6.33 Å². The first-order chi connectivity index (χ1) is 15.4. The van der Waals surface area contributed by atoms with Gasteiger partial charge in [-0.05, 0) is 30.1 Å². The number of nitrogens with zero attached hydrogens (tertiary/aromatic N) is 4. The summed E-state index contributed by atoms with van der Waals surface area (Å²) in [7, 11) is -2.00. The number of carbonyl (C=O) groups excluding carboxylic acids is 1. The molecule has 0 aliphatic heterocycles. The quantitative estimate of drug-likeness (QED) is 0.242. The van der Waals surface area contributed by atoms with Crippen molar-refractivity contribution in [3.63, 3.8) is 0 Å². The molecule has 0 aliphatic rings. The number of halogens is 1. The van der Waals surface area contributed by atoms with Crippen LogP contribution in [0.3, 0.4) is 0 Å². The normalized spacial score (nSPS) is 12.0. The van der Waals surface area contributed by atoms with Crippen molar-refractivity contribution in [2.45, 2.75) is 17.9 Å². The topological polar surface area (TPSA) is 133 Å². The van der Waals surface area contributed by atoms with E-state index in [-0.39, 0.29) is 28.1 Å². The lowest BCUT2D eigenvalue weighted by molar-refractivity contribution is -0.110. The molecular formula is C18H18FN5O5S3. The predicted octanol–water partition coefficient (Wildman–Crippen LogP) is 2.50. The number of hydrogen-bond acceptors (Lipinski definition) is 11. The van der Waals surface area contributed by atoms with Crippen molar-refractivity contribution >= 4 is 49.5 Å². The second-order valence-corrected chi connectivity index (χ2v) is 10.1. The van der Waals surface area contributed by atoms with Gasteiger partial charge >= 0.3 is 0 Å². The third-order valence-electron chi connectivity index (χ3n) is 3.91. The van der Waals surface area contributed by atoms with Crippen molar-refractivity contribution in [3.8, 4) is 0 Å². The van der Waals surface area contributed by atoms with E-state index in [2.05, 4.69) is 24.8 Å². The Morgan fingerprint density at radius 2 is 2.03 bits per heavy atom. The number of nitrogens with one attached hydrogen (secondary N) is 1. The fourth-order valence-corrected chi connectivity index (χ4v) is 4.68. The average Bonchev–Trinajstić information content (AvgIpc) is 3.43. The van der Waals surface area contributed by atoms with Crippen molar-refractivity contribution in [1.29, 1.82) is 0 Å². The van der Waals surface area contributed by atoms with E-state index in [1.807, 2.05) is 0 Å². The minimum atomic E-state index is -3.50. The Labute approximate surface area is 191 Å². The summed E-state index contributed by atoms with van der Waals surface area (Å²) in [6.45, 7) is 0.316. The highest BCUT2D eigenvalue weighted by Gasteiger charge is 2.20. The van der Waals surface area contributed by atoms with Crippen LogP contribution in [-0.4, -0.2) is 53.8 Å². The smallest absolute Gasteiger partial charge is 0.280 e. The highest BCUT2D eigenvalue weighted by Crippen LogP contribution is 2.18. The van der Waals surface area contributed by atoms with Gasteiger partial charge in [-0.1, -0.05) is 28.6 Å². The lowest BCUT2D eigenvalue weighted by Gasteiger charge is -2.08. The van der Waals surface area contributed by atoms with Gasteiger partial charge in [0.05, 0.1) is 16.8 Å². The SMILES string of the molecule is COCCCS(=O)(=O)c1ccc(/C(=N\OCc2ncns2)C(=O)Nc2ncc(F)s2)cc1. The molecule has 3 rings (SSSR count). The molecule has 0 spiro atoms. The summed E-state index contributed by atoms with van der Waals surface area (Å²) in [5, 5.41) is 6.36. The van der Waals surface area contributed by atoms with Crippen LogP contribution in [0.5, 0.6) is 0 Å². The molecule has 1 aromatic carbocycles. The van der Waals surface area contributed by atoms with Crippen LogP contribution in [0.1, 0.15) is 17.0 Å². The Morgan fingerprint density at radius 3 is 2.66 bits per heavy atom. The zero-order chi connectivity index (χ0) is 23.0. The molecule has 0 unspecified atom stereocenters. The van der Waals surface area contributed by atoms with E-state index in [0.717, 1.165) is 17.7 Å². The number of sulfone groups is 1. The summed E-state index contributed by atoms with van der Waals surface area (Å²) in [4.78, 5) is 25.8. The van der Waals surface area contributed by atoms with Crippen LogP contribution >= 0.6 is 22.9 Å². The zero-order valence-electron chi connectivity index (χ0n) is 16.7. The van der Waals surface area contributed by atoms with E-state index in [0.29, 0.717) is 34.9 Å². The second-order valence-electron chi connectivity index (χ2n) is 6.16. The molecule has 0 bridgehead atoms. The fourth-order valence-electron chi connectivity index (χ4n) is 2.44. The number of benzene rings is 1. The molecule has 0 radical (unpaired) electrons.